The monoisotopic (exact) mass is 711 g/mol. The number of aliphatic carboxylic acids is 1. The number of Topliss-reactive ketones (excluding diaryl/α,β-unsaturated/α-hetero) is 1. The molecule has 2 N–H and O–H groups in total. The zero-order valence-electron chi connectivity index (χ0n) is 30.2. The largest absolute Gasteiger partial charge is 0.494 e. The fraction of sp³-hybridized carbons (Fsp3) is 0.273. The van der Waals surface area contributed by atoms with E-state index in [-0.39, 0.29) is 24.4 Å². The highest BCUT2D eigenvalue weighted by atomic mass is 16.5. The molecule has 0 spiro atoms. The van der Waals surface area contributed by atoms with Crippen LogP contribution in [0.15, 0.2) is 116 Å². The van der Waals surface area contributed by atoms with E-state index >= 15 is 0 Å². The van der Waals surface area contributed by atoms with Crippen molar-refractivity contribution in [2.24, 2.45) is 5.92 Å². The molecule has 0 unspecified atom stereocenters. The molecule has 0 radical (unpaired) electrons. The maximum absolute atomic E-state index is 13.4. The quantitative estimate of drug-likeness (QED) is 0.0644. The molecule has 1 amide bonds. The Balaban J connectivity index is 1.22. The molecule has 5 rings (SSSR count). The van der Waals surface area contributed by atoms with E-state index in [0.717, 1.165) is 34.4 Å². The predicted octanol–water partition coefficient (Wildman–Crippen LogP) is 8.41. The van der Waals surface area contributed by atoms with Crippen molar-refractivity contribution in [1.82, 2.24) is 15.3 Å². The van der Waals surface area contributed by atoms with E-state index < -0.39 is 23.8 Å². The lowest BCUT2D eigenvalue weighted by Crippen LogP contribution is -2.42. The van der Waals surface area contributed by atoms with Crippen molar-refractivity contribution in [3.8, 4) is 28.3 Å². The summed E-state index contributed by atoms with van der Waals surface area (Å²) in [5.74, 6) is -1.61. The van der Waals surface area contributed by atoms with Crippen LogP contribution in [-0.4, -0.2) is 51.2 Å². The summed E-state index contributed by atoms with van der Waals surface area (Å²) in [7, 11) is 0. The molecule has 4 aromatic carbocycles. The van der Waals surface area contributed by atoms with Gasteiger partial charge < -0.3 is 15.2 Å². The fourth-order valence-electron chi connectivity index (χ4n) is 5.90. The number of ketones is 2. The normalized spacial score (nSPS) is 12.0. The number of hydrogen-bond donors (Lipinski definition) is 2. The minimum Gasteiger partial charge on any atom is -0.494 e. The number of carboxylic acid groups (broad SMARTS) is 1. The smallest absolute Gasteiger partial charge is 0.325 e. The Kier molecular flexibility index (Phi) is 13.7. The molecule has 0 bridgehead atoms. The lowest BCUT2D eigenvalue weighted by molar-refractivity contribution is -0.141. The van der Waals surface area contributed by atoms with Gasteiger partial charge in [0.15, 0.2) is 17.4 Å². The van der Waals surface area contributed by atoms with Crippen LogP contribution in [0.1, 0.15) is 84.2 Å². The predicted molar refractivity (Wildman–Crippen MR) is 205 cm³/mol. The van der Waals surface area contributed by atoms with Gasteiger partial charge in [0, 0.05) is 52.5 Å². The summed E-state index contributed by atoms with van der Waals surface area (Å²) in [4.78, 5) is 60.1. The number of amides is 1. The number of nitrogens with one attached hydrogen (secondary N) is 1. The van der Waals surface area contributed by atoms with Gasteiger partial charge >= 0.3 is 5.97 Å². The van der Waals surface area contributed by atoms with Crippen LogP contribution in [0.4, 0.5) is 0 Å². The highest BCUT2D eigenvalue weighted by molar-refractivity contribution is 6.09. The van der Waals surface area contributed by atoms with Gasteiger partial charge in [0.05, 0.1) is 6.61 Å². The molecule has 9 heteroatoms. The van der Waals surface area contributed by atoms with Crippen molar-refractivity contribution in [3.05, 3.63) is 138 Å². The Morgan fingerprint density at radius 3 is 1.94 bits per heavy atom. The lowest BCUT2D eigenvalue weighted by Gasteiger charge is -2.18. The van der Waals surface area contributed by atoms with Crippen LogP contribution in [-0.2, 0) is 16.0 Å². The van der Waals surface area contributed by atoms with Crippen LogP contribution in [0.5, 0.6) is 5.75 Å². The molecular weight excluding hydrogens is 666 g/mol. The minimum absolute atomic E-state index is 0.150. The van der Waals surface area contributed by atoms with Gasteiger partial charge in [-0.25, -0.2) is 9.97 Å². The summed E-state index contributed by atoms with van der Waals surface area (Å²) in [6.45, 7) is 4.30. The first-order valence-electron chi connectivity index (χ1n) is 18.1. The van der Waals surface area contributed by atoms with Crippen LogP contribution in [0.3, 0.4) is 0 Å². The van der Waals surface area contributed by atoms with Crippen LogP contribution < -0.4 is 10.1 Å². The Morgan fingerprint density at radius 2 is 1.30 bits per heavy atom. The second kappa shape index (κ2) is 19.0. The molecule has 0 aliphatic carbocycles. The van der Waals surface area contributed by atoms with Crippen LogP contribution in [0, 0.1) is 5.92 Å². The second-order valence-corrected chi connectivity index (χ2v) is 13.1. The number of rotatable bonds is 19. The van der Waals surface area contributed by atoms with E-state index in [0.29, 0.717) is 29.1 Å². The van der Waals surface area contributed by atoms with E-state index in [9.17, 15) is 24.3 Å². The number of unbranched alkanes of at least 4 members (excludes halogenated alkanes) is 4. The SMILES string of the molecule is CCCCCCCOc1ccc(-c2cnc(-c3ccc(C[C@H](CC(=O)c4ccc(C(=O)c5ccccc5)cc4)C(=O)N[C@H](C)C(=O)O)cc3)nc2)cc1. The van der Waals surface area contributed by atoms with E-state index in [1.165, 1.54) is 32.6 Å². The summed E-state index contributed by atoms with van der Waals surface area (Å²) in [5, 5.41) is 11.9. The Morgan fingerprint density at radius 1 is 0.698 bits per heavy atom. The molecule has 2 atom stereocenters. The molecule has 5 aromatic rings. The highest BCUT2D eigenvalue weighted by Gasteiger charge is 2.26. The third-order valence-electron chi connectivity index (χ3n) is 9.09. The molecule has 0 aliphatic rings. The average Bonchev–Trinajstić information content (AvgIpc) is 3.19. The molecule has 0 saturated carbocycles. The van der Waals surface area contributed by atoms with Crippen LogP contribution in [0.25, 0.3) is 22.5 Å². The van der Waals surface area contributed by atoms with Crippen molar-refractivity contribution >= 4 is 23.4 Å². The highest BCUT2D eigenvalue weighted by Crippen LogP contribution is 2.25. The van der Waals surface area contributed by atoms with Gasteiger partial charge in [-0.3, -0.25) is 19.2 Å². The van der Waals surface area contributed by atoms with E-state index in [1.54, 1.807) is 60.9 Å². The average molecular weight is 712 g/mol. The summed E-state index contributed by atoms with van der Waals surface area (Å²) in [6, 6.07) is 29.4. The minimum atomic E-state index is -1.17. The van der Waals surface area contributed by atoms with Crippen molar-refractivity contribution < 1.29 is 29.0 Å². The number of ether oxygens (including phenoxy) is 1. The molecular formula is C44H45N3O6. The first-order valence-corrected chi connectivity index (χ1v) is 18.1. The standard InChI is InChI=1S/C44H45N3O6/c1-3-4-5-6-10-25-53-39-23-21-32(22-24-39)38-28-45-42(46-29-38)36-15-13-31(14-16-36)26-37(43(50)47-30(2)44(51)52)27-40(48)33-17-19-35(20-18-33)41(49)34-11-8-7-9-12-34/h7-9,11-24,28-30,37H,3-6,10,25-27H2,1-2H3,(H,47,50)(H,51,52)/t30-,37-/m1/s1. The van der Waals surface area contributed by atoms with E-state index in [2.05, 4.69) is 22.2 Å². The van der Waals surface area contributed by atoms with Crippen molar-refractivity contribution in [2.75, 3.05) is 6.61 Å². The summed E-state index contributed by atoms with van der Waals surface area (Å²) in [5.41, 5.74) is 4.77. The molecule has 9 nitrogen and oxygen atoms in total. The Hall–Kier alpha value is -5.96. The number of carbonyl (C=O) groups excluding carboxylic acids is 3. The maximum Gasteiger partial charge on any atom is 0.325 e. The van der Waals surface area contributed by atoms with Gasteiger partial charge in [0.1, 0.15) is 11.8 Å². The van der Waals surface area contributed by atoms with Crippen molar-refractivity contribution in [1.29, 1.82) is 0 Å². The maximum atomic E-state index is 13.4. The Bertz CT molecular complexity index is 1960. The van der Waals surface area contributed by atoms with Crippen LogP contribution in [0.2, 0.25) is 0 Å². The van der Waals surface area contributed by atoms with Gasteiger partial charge in [0.25, 0.3) is 0 Å². The van der Waals surface area contributed by atoms with Crippen molar-refractivity contribution in [2.45, 2.75) is 64.8 Å². The first-order chi connectivity index (χ1) is 25.7. The molecule has 0 fully saturated rings. The number of nitrogens with zero attached hydrogens (tertiary/aromatic N) is 2. The summed E-state index contributed by atoms with van der Waals surface area (Å²) in [6.07, 6.45) is 9.58. The zero-order valence-corrected chi connectivity index (χ0v) is 30.2. The number of benzene rings is 4. The van der Waals surface area contributed by atoms with Gasteiger partial charge in [-0.1, -0.05) is 124 Å². The third-order valence-corrected chi connectivity index (χ3v) is 9.09. The van der Waals surface area contributed by atoms with Crippen LogP contribution >= 0.6 is 0 Å². The molecule has 1 heterocycles. The number of aromatic nitrogens is 2. The van der Waals surface area contributed by atoms with Gasteiger partial charge in [0.2, 0.25) is 5.91 Å². The zero-order chi connectivity index (χ0) is 37.6. The van der Waals surface area contributed by atoms with Crippen molar-refractivity contribution in [3.63, 3.8) is 0 Å². The van der Waals surface area contributed by atoms with Gasteiger partial charge in [-0.05, 0) is 43.0 Å². The molecule has 0 saturated heterocycles. The topological polar surface area (TPSA) is 136 Å². The molecule has 0 aliphatic heterocycles. The van der Waals surface area contributed by atoms with Gasteiger partial charge in [-0.2, -0.15) is 0 Å². The second-order valence-electron chi connectivity index (χ2n) is 13.1. The number of carboxylic acids is 1. The third kappa shape index (κ3) is 11.0. The molecule has 272 valence electrons. The summed E-state index contributed by atoms with van der Waals surface area (Å²) < 4.78 is 5.89. The number of hydrogen-bond acceptors (Lipinski definition) is 7. The molecule has 1 aromatic heterocycles. The Labute approximate surface area is 310 Å². The lowest BCUT2D eigenvalue weighted by atomic mass is 9.90. The number of carbonyl (C=O) groups is 4. The summed E-state index contributed by atoms with van der Waals surface area (Å²) >= 11 is 0. The van der Waals surface area contributed by atoms with E-state index in [4.69, 9.17) is 4.74 Å². The fourth-order valence-corrected chi connectivity index (χ4v) is 5.90. The first kappa shape index (κ1) is 38.3. The molecule has 53 heavy (non-hydrogen) atoms. The van der Waals surface area contributed by atoms with E-state index in [1.807, 2.05) is 54.6 Å². The van der Waals surface area contributed by atoms with Gasteiger partial charge in [-0.15, -0.1) is 0 Å².